The van der Waals surface area contributed by atoms with Crippen LogP contribution in [0.3, 0.4) is 0 Å². The van der Waals surface area contributed by atoms with E-state index in [1.807, 2.05) is 24.3 Å². The zero-order valence-electron chi connectivity index (χ0n) is 14.3. The number of likely N-dealkylation sites (tertiary alicyclic amines) is 1. The van der Waals surface area contributed by atoms with E-state index < -0.39 is 0 Å². The lowest BCUT2D eigenvalue weighted by molar-refractivity contribution is 0.0903. The van der Waals surface area contributed by atoms with E-state index in [2.05, 4.69) is 29.3 Å². The molecule has 1 atom stereocenters. The highest BCUT2D eigenvalue weighted by Crippen LogP contribution is 2.20. The molecule has 0 bridgehead atoms. The van der Waals surface area contributed by atoms with Gasteiger partial charge in [-0.15, -0.1) is 0 Å². The summed E-state index contributed by atoms with van der Waals surface area (Å²) in [6.45, 7) is 5.16. The highest BCUT2D eigenvalue weighted by atomic mass is 16.4. The van der Waals surface area contributed by atoms with E-state index in [0.29, 0.717) is 5.76 Å². The summed E-state index contributed by atoms with van der Waals surface area (Å²) < 4.78 is 5.77. The van der Waals surface area contributed by atoms with Crippen molar-refractivity contribution in [3.05, 3.63) is 59.5 Å². The maximum absolute atomic E-state index is 12.5. The minimum atomic E-state index is -0.134. The lowest BCUT2D eigenvalue weighted by Crippen LogP contribution is -2.28. The summed E-state index contributed by atoms with van der Waals surface area (Å²) in [7, 11) is 0. The molecule has 128 valence electrons. The number of nitrogens with zero attached hydrogens (tertiary/aromatic N) is 1. The van der Waals surface area contributed by atoms with Crippen molar-refractivity contribution in [1.82, 2.24) is 10.2 Å². The average molecular weight is 326 g/mol. The van der Waals surface area contributed by atoms with Crippen molar-refractivity contribution >= 4 is 5.91 Å². The summed E-state index contributed by atoms with van der Waals surface area (Å²) in [5.41, 5.74) is 1.14. The predicted octanol–water partition coefficient (Wildman–Crippen LogP) is 4.15. The molecule has 0 spiro atoms. The highest BCUT2D eigenvalue weighted by Gasteiger charge is 2.19. The van der Waals surface area contributed by atoms with Gasteiger partial charge in [0.15, 0.2) is 5.76 Å². The van der Waals surface area contributed by atoms with Crippen molar-refractivity contribution in [2.45, 2.75) is 45.2 Å². The Kier molecular flexibility index (Phi) is 5.70. The number of carbonyl (C=O) groups excluding carboxylic acids is 1. The Morgan fingerprint density at radius 2 is 1.92 bits per heavy atom. The average Bonchev–Trinajstić information content (AvgIpc) is 3.28. The first kappa shape index (κ1) is 16.8. The molecule has 1 N–H and O–H groups in total. The summed E-state index contributed by atoms with van der Waals surface area (Å²) in [6.07, 6.45) is 4.43. The van der Waals surface area contributed by atoms with Gasteiger partial charge in [-0.05, 0) is 50.0 Å². The van der Waals surface area contributed by atoms with Crippen LogP contribution in [-0.2, 0) is 6.54 Å². The van der Waals surface area contributed by atoms with Crippen LogP contribution in [0.4, 0.5) is 0 Å². The molecular formula is C20H26N2O2. The molecular weight excluding hydrogens is 300 g/mol. The number of furan rings is 1. The van der Waals surface area contributed by atoms with E-state index in [4.69, 9.17) is 4.42 Å². The van der Waals surface area contributed by atoms with Crippen LogP contribution in [0.25, 0.3) is 0 Å². The van der Waals surface area contributed by atoms with Crippen LogP contribution in [0.15, 0.2) is 46.9 Å². The fourth-order valence-electron chi connectivity index (χ4n) is 3.27. The summed E-state index contributed by atoms with van der Waals surface area (Å²) >= 11 is 0. The zero-order chi connectivity index (χ0) is 16.8. The van der Waals surface area contributed by atoms with E-state index in [1.165, 1.54) is 12.8 Å². The molecule has 0 saturated carbocycles. The molecule has 2 heterocycles. The van der Waals surface area contributed by atoms with Crippen molar-refractivity contribution < 1.29 is 9.21 Å². The predicted molar refractivity (Wildman–Crippen MR) is 94.8 cm³/mol. The smallest absolute Gasteiger partial charge is 0.287 e. The summed E-state index contributed by atoms with van der Waals surface area (Å²) in [4.78, 5) is 14.9. The van der Waals surface area contributed by atoms with Crippen LogP contribution in [0.2, 0.25) is 0 Å². The Bertz CT molecular complexity index is 645. The molecule has 1 aromatic heterocycles. The second-order valence-corrected chi connectivity index (χ2v) is 6.47. The number of carbonyl (C=O) groups is 1. The van der Waals surface area contributed by atoms with Gasteiger partial charge in [-0.25, -0.2) is 0 Å². The van der Waals surface area contributed by atoms with E-state index in [1.54, 1.807) is 6.07 Å². The minimum absolute atomic E-state index is 0.0239. The Morgan fingerprint density at radius 3 is 2.62 bits per heavy atom. The quantitative estimate of drug-likeness (QED) is 0.831. The summed E-state index contributed by atoms with van der Waals surface area (Å²) in [6, 6.07) is 13.8. The van der Waals surface area contributed by atoms with Gasteiger partial charge in [0.25, 0.3) is 5.91 Å². The van der Waals surface area contributed by atoms with Gasteiger partial charge in [0, 0.05) is 0 Å². The largest absolute Gasteiger partial charge is 0.455 e. The van der Waals surface area contributed by atoms with Crippen LogP contribution < -0.4 is 5.32 Å². The minimum Gasteiger partial charge on any atom is -0.455 e. The van der Waals surface area contributed by atoms with Crippen molar-refractivity contribution in [2.24, 2.45) is 0 Å². The Balaban J connectivity index is 1.63. The fourth-order valence-corrected chi connectivity index (χ4v) is 3.27. The zero-order valence-corrected chi connectivity index (χ0v) is 14.3. The highest BCUT2D eigenvalue weighted by molar-refractivity contribution is 5.91. The molecule has 0 unspecified atom stereocenters. The first-order chi connectivity index (χ1) is 11.8. The molecule has 4 heteroatoms. The first-order valence-electron chi connectivity index (χ1n) is 8.93. The molecule has 2 aromatic rings. The molecule has 1 amide bonds. The van der Waals surface area contributed by atoms with Crippen LogP contribution in [-0.4, -0.2) is 23.9 Å². The van der Waals surface area contributed by atoms with E-state index >= 15 is 0 Å². The third-order valence-electron chi connectivity index (χ3n) is 4.55. The Labute approximate surface area is 143 Å². The standard InChI is InChI=1S/C20H26N2O2/c1-2-8-18(16-9-4-3-5-10-16)21-20(23)19-12-11-17(24-19)15-22-13-6-7-14-22/h3-5,9-12,18H,2,6-8,13-15H2,1H3,(H,21,23)/t18-/m0/s1. The van der Waals surface area contributed by atoms with E-state index in [9.17, 15) is 4.79 Å². The number of hydrogen-bond donors (Lipinski definition) is 1. The third kappa shape index (κ3) is 4.26. The summed E-state index contributed by atoms with van der Waals surface area (Å²) in [5.74, 6) is 1.14. The van der Waals surface area contributed by atoms with Crippen LogP contribution in [0, 0.1) is 0 Å². The van der Waals surface area contributed by atoms with Crippen LogP contribution in [0.1, 0.15) is 60.5 Å². The molecule has 24 heavy (non-hydrogen) atoms. The molecule has 1 saturated heterocycles. The maximum Gasteiger partial charge on any atom is 0.287 e. The van der Waals surface area contributed by atoms with Crippen LogP contribution in [0.5, 0.6) is 0 Å². The molecule has 1 fully saturated rings. The van der Waals surface area contributed by atoms with Crippen molar-refractivity contribution in [1.29, 1.82) is 0 Å². The number of rotatable bonds is 7. The Hall–Kier alpha value is -2.07. The van der Waals surface area contributed by atoms with Gasteiger partial charge >= 0.3 is 0 Å². The first-order valence-corrected chi connectivity index (χ1v) is 8.93. The van der Waals surface area contributed by atoms with Gasteiger partial charge in [0.1, 0.15) is 5.76 Å². The molecule has 0 aliphatic carbocycles. The second kappa shape index (κ2) is 8.15. The number of amides is 1. The third-order valence-corrected chi connectivity index (χ3v) is 4.55. The monoisotopic (exact) mass is 326 g/mol. The fraction of sp³-hybridized carbons (Fsp3) is 0.450. The van der Waals surface area contributed by atoms with Gasteiger partial charge in [-0.3, -0.25) is 9.69 Å². The van der Waals surface area contributed by atoms with E-state index in [0.717, 1.165) is 43.8 Å². The van der Waals surface area contributed by atoms with Gasteiger partial charge in [0.2, 0.25) is 0 Å². The van der Waals surface area contributed by atoms with Gasteiger partial charge in [-0.1, -0.05) is 43.7 Å². The Morgan fingerprint density at radius 1 is 1.17 bits per heavy atom. The number of benzene rings is 1. The molecule has 1 aliphatic rings. The number of hydrogen-bond acceptors (Lipinski definition) is 3. The molecule has 3 rings (SSSR count). The van der Waals surface area contributed by atoms with Crippen molar-refractivity contribution in [2.75, 3.05) is 13.1 Å². The molecule has 1 aliphatic heterocycles. The number of nitrogens with one attached hydrogen (secondary N) is 1. The lowest BCUT2D eigenvalue weighted by atomic mass is 10.0. The van der Waals surface area contributed by atoms with Crippen molar-refractivity contribution in [3.63, 3.8) is 0 Å². The molecule has 1 aromatic carbocycles. The van der Waals surface area contributed by atoms with Crippen molar-refractivity contribution in [3.8, 4) is 0 Å². The lowest BCUT2D eigenvalue weighted by Gasteiger charge is -2.18. The SMILES string of the molecule is CCC[C@H](NC(=O)c1ccc(CN2CCCC2)o1)c1ccccc1. The van der Waals surface area contributed by atoms with Gasteiger partial charge in [0.05, 0.1) is 12.6 Å². The molecule has 0 radical (unpaired) electrons. The normalized spacial score (nSPS) is 16.2. The van der Waals surface area contributed by atoms with Gasteiger partial charge in [-0.2, -0.15) is 0 Å². The van der Waals surface area contributed by atoms with Gasteiger partial charge < -0.3 is 9.73 Å². The van der Waals surface area contributed by atoms with E-state index in [-0.39, 0.29) is 11.9 Å². The topological polar surface area (TPSA) is 45.5 Å². The second-order valence-electron chi connectivity index (χ2n) is 6.47. The van der Waals surface area contributed by atoms with Crippen LogP contribution >= 0.6 is 0 Å². The molecule has 4 nitrogen and oxygen atoms in total. The maximum atomic E-state index is 12.5. The summed E-state index contributed by atoms with van der Waals surface area (Å²) in [5, 5.41) is 3.11.